The molecule has 0 bridgehead atoms. The van der Waals surface area contributed by atoms with E-state index in [2.05, 4.69) is 326 Å². The van der Waals surface area contributed by atoms with Crippen LogP contribution in [0.15, 0.2) is 243 Å². The molecular formula is C76H76Cl2Ti2-2. The Balaban J connectivity index is 0.000000193. The quantitative estimate of drug-likeness (QED) is 0.122. The van der Waals surface area contributed by atoms with Gasteiger partial charge < -0.3 is 24.8 Å². The molecule has 0 atom stereocenters. The molecule has 12 aromatic rings. The molecule has 12 rings (SSSR count). The summed E-state index contributed by atoms with van der Waals surface area (Å²) < 4.78 is 0. The number of hydrogen-bond acceptors (Lipinski definition) is 0. The second kappa shape index (κ2) is 27.3. The summed E-state index contributed by atoms with van der Waals surface area (Å²) in [6, 6.07) is 88.0. The van der Waals surface area contributed by atoms with Gasteiger partial charge in [-0.3, -0.25) is 0 Å². The van der Waals surface area contributed by atoms with Crippen molar-refractivity contribution >= 4 is 43.1 Å². The van der Waals surface area contributed by atoms with Gasteiger partial charge in [0.15, 0.2) is 0 Å². The van der Waals surface area contributed by atoms with Crippen molar-refractivity contribution in [2.45, 2.75) is 105 Å². The number of fused-ring (bicyclic) bond motifs is 4. The predicted octanol–water partition coefficient (Wildman–Crippen LogP) is 16.1. The van der Waals surface area contributed by atoms with Crippen LogP contribution < -0.4 is 24.8 Å². The third-order valence-corrected chi connectivity index (χ3v) is 14.8. The molecule has 0 aliphatic carbocycles. The van der Waals surface area contributed by atoms with Crippen molar-refractivity contribution < 1.29 is 68.2 Å². The van der Waals surface area contributed by atoms with Crippen molar-refractivity contribution in [1.29, 1.82) is 0 Å². The summed E-state index contributed by atoms with van der Waals surface area (Å²) in [5.74, 6) is 0. The average Bonchev–Trinajstić information content (AvgIpc) is 4.23. The SMILES string of the molecule is CC(C)(C)c1ccc(-c2cc3ccccc3[cH-]2)cc1.CC(C)(C)c1ccc(-c2cc3ccccc3[cH-]2)cc1.CC(C)(C)c1ccc(-c2cc3ccccc3[cH-]2)cc1.CC(C)(C)c1ccc(-c2cc3ccccc3[cH-]2)cc1.[Cl-].[Cl-].[Ti+2].[Ti+2]. The summed E-state index contributed by atoms with van der Waals surface area (Å²) in [5.41, 5.74) is 16.8. The van der Waals surface area contributed by atoms with E-state index in [1.807, 2.05) is 0 Å². The summed E-state index contributed by atoms with van der Waals surface area (Å²) >= 11 is 0. The van der Waals surface area contributed by atoms with Crippen molar-refractivity contribution in [3.8, 4) is 44.5 Å². The Bertz CT molecular complexity index is 3170. The number of halogens is 2. The maximum absolute atomic E-state index is 2.27. The third kappa shape index (κ3) is 16.2. The molecule has 0 amide bonds. The molecule has 0 radical (unpaired) electrons. The summed E-state index contributed by atoms with van der Waals surface area (Å²) in [5, 5.41) is 10.5. The first-order chi connectivity index (χ1) is 36.2. The Morgan fingerprint density at radius 1 is 0.225 bits per heavy atom. The predicted molar refractivity (Wildman–Crippen MR) is 335 cm³/mol. The van der Waals surface area contributed by atoms with Gasteiger partial charge in [0.05, 0.1) is 0 Å². The molecule has 0 aromatic heterocycles. The van der Waals surface area contributed by atoms with Gasteiger partial charge in [0.2, 0.25) is 0 Å². The van der Waals surface area contributed by atoms with E-state index in [1.165, 1.54) is 110 Å². The Hall–Kier alpha value is -5.79. The largest absolute Gasteiger partial charge is 2.00 e. The fraction of sp³-hybridized carbons (Fsp3) is 0.211. The summed E-state index contributed by atoms with van der Waals surface area (Å²) in [7, 11) is 0. The van der Waals surface area contributed by atoms with E-state index in [0.717, 1.165) is 0 Å². The normalized spacial score (nSPS) is 11.3. The number of benzene rings is 8. The van der Waals surface area contributed by atoms with Crippen LogP contribution >= 0.6 is 0 Å². The maximum Gasteiger partial charge on any atom is 2.00 e. The van der Waals surface area contributed by atoms with Gasteiger partial charge in [0, 0.05) is 0 Å². The Labute approximate surface area is 521 Å². The first kappa shape index (κ1) is 65.0. The maximum atomic E-state index is 2.27. The van der Waals surface area contributed by atoms with Crippen LogP contribution in [0.4, 0.5) is 0 Å². The molecule has 0 aliphatic heterocycles. The van der Waals surface area contributed by atoms with Gasteiger partial charge in [0.1, 0.15) is 0 Å². The van der Waals surface area contributed by atoms with Crippen molar-refractivity contribution in [2.24, 2.45) is 0 Å². The van der Waals surface area contributed by atoms with Gasteiger partial charge in [-0.1, -0.05) is 275 Å². The van der Waals surface area contributed by atoms with Crippen molar-refractivity contribution in [3.05, 3.63) is 265 Å². The topological polar surface area (TPSA) is 0 Å². The standard InChI is InChI=1S/4C19H19.2ClH.2Ti/c4*1-19(2,3)18-10-8-14(9-11-18)17-12-15-6-4-5-7-16(15)13-17;;;;/h4*4-13H,1-3H3;2*1H;;/q4*-1;;;2*+2/p-2. The number of hydrogen-bond donors (Lipinski definition) is 0. The van der Waals surface area contributed by atoms with Gasteiger partial charge in [-0.2, -0.15) is 0 Å². The third-order valence-electron chi connectivity index (χ3n) is 14.8. The van der Waals surface area contributed by atoms with Crippen molar-refractivity contribution in [2.75, 3.05) is 0 Å². The van der Waals surface area contributed by atoms with E-state index >= 15 is 0 Å². The van der Waals surface area contributed by atoms with Gasteiger partial charge in [0.25, 0.3) is 0 Å². The minimum atomic E-state index is 0. The van der Waals surface area contributed by atoms with Gasteiger partial charge >= 0.3 is 43.4 Å². The zero-order valence-corrected chi connectivity index (χ0v) is 53.5. The van der Waals surface area contributed by atoms with Crippen LogP contribution in [0.1, 0.15) is 105 Å². The van der Waals surface area contributed by atoms with E-state index < -0.39 is 0 Å². The molecule has 0 saturated carbocycles. The molecule has 12 aromatic carbocycles. The van der Waals surface area contributed by atoms with Crippen LogP contribution in [0.25, 0.3) is 87.6 Å². The van der Waals surface area contributed by atoms with Crippen LogP contribution in [-0.4, -0.2) is 0 Å². The fourth-order valence-corrected chi connectivity index (χ4v) is 9.92. The van der Waals surface area contributed by atoms with Gasteiger partial charge in [-0.15, -0.1) is 138 Å². The van der Waals surface area contributed by atoms with Crippen LogP contribution in [0.3, 0.4) is 0 Å². The second-order valence-corrected chi connectivity index (χ2v) is 24.8. The molecule has 0 heterocycles. The average molecular weight is 1160 g/mol. The van der Waals surface area contributed by atoms with E-state index in [-0.39, 0.29) is 89.9 Å². The molecule has 0 N–H and O–H groups in total. The molecule has 4 heteroatoms. The summed E-state index contributed by atoms with van der Waals surface area (Å²) in [6.45, 7) is 27.0. The molecule has 0 nitrogen and oxygen atoms in total. The monoisotopic (exact) mass is 1150 g/mol. The van der Waals surface area contributed by atoms with E-state index in [1.54, 1.807) is 0 Å². The Morgan fingerprint density at radius 2 is 0.388 bits per heavy atom. The van der Waals surface area contributed by atoms with E-state index in [0.29, 0.717) is 0 Å². The second-order valence-electron chi connectivity index (χ2n) is 24.8. The molecule has 0 aliphatic rings. The van der Waals surface area contributed by atoms with Crippen LogP contribution in [0.2, 0.25) is 0 Å². The summed E-state index contributed by atoms with van der Waals surface area (Å²) in [4.78, 5) is 0. The minimum absolute atomic E-state index is 0. The van der Waals surface area contributed by atoms with Gasteiger partial charge in [-0.05, 0) is 43.9 Å². The molecule has 0 fully saturated rings. The zero-order valence-electron chi connectivity index (χ0n) is 48.8. The van der Waals surface area contributed by atoms with Crippen LogP contribution in [0, 0.1) is 0 Å². The first-order valence-electron chi connectivity index (χ1n) is 27.2. The van der Waals surface area contributed by atoms with Crippen LogP contribution in [0.5, 0.6) is 0 Å². The van der Waals surface area contributed by atoms with Gasteiger partial charge in [-0.25, -0.2) is 0 Å². The molecule has 0 saturated heterocycles. The summed E-state index contributed by atoms with van der Waals surface area (Å²) in [6.07, 6.45) is 0. The molecule has 404 valence electrons. The smallest absolute Gasteiger partial charge is 1.00 e. The zero-order chi connectivity index (χ0) is 53.8. The molecule has 0 unspecified atom stereocenters. The van der Waals surface area contributed by atoms with E-state index in [9.17, 15) is 0 Å². The molecule has 0 spiro atoms. The molecule has 80 heavy (non-hydrogen) atoms. The Kier molecular flexibility index (Phi) is 22.2. The fourth-order valence-electron chi connectivity index (χ4n) is 9.92. The first-order valence-corrected chi connectivity index (χ1v) is 27.2. The minimum Gasteiger partial charge on any atom is -1.00 e. The van der Waals surface area contributed by atoms with Crippen molar-refractivity contribution in [1.82, 2.24) is 0 Å². The number of rotatable bonds is 4. The van der Waals surface area contributed by atoms with Crippen LogP contribution in [-0.2, 0) is 65.1 Å². The van der Waals surface area contributed by atoms with Crippen molar-refractivity contribution in [3.63, 3.8) is 0 Å². The Morgan fingerprint density at radius 3 is 0.537 bits per heavy atom. The molecular weight excluding hydrogens is 1080 g/mol. The van der Waals surface area contributed by atoms with E-state index in [4.69, 9.17) is 0 Å².